The molecule has 1 saturated heterocycles. The number of hydrogen-bond donors (Lipinski definition) is 3. The fourth-order valence-corrected chi connectivity index (χ4v) is 3.12. The molecule has 1 unspecified atom stereocenters. The summed E-state index contributed by atoms with van der Waals surface area (Å²) < 4.78 is 11.0. The van der Waals surface area contributed by atoms with Crippen LogP contribution in [0.4, 0.5) is 10.5 Å². The van der Waals surface area contributed by atoms with Crippen LogP contribution < -0.4 is 15.5 Å². The van der Waals surface area contributed by atoms with Crippen molar-refractivity contribution in [2.45, 2.75) is 19.4 Å². The number of hydrogen-bond acceptors (Lipinski definition) is 5. The van der Waals surface area contributed by atoms with Gasteiger partial charge in [0.1, 0.15) is 17.6 Å². The van der Waals surface area contributed by atoms with E-state index >= 15 is 0 Å². The highest BCUT2D eigenvalue weighted by atomic mass is 16.5. The number of rotatable bonds is 3. The van der Waals surface area contributed by atoms with Gasteiger partial charge in [0.15, 0.2) is 0 Å². The Labute approximate surface area is 157 Å². The number of allylic oxidation sites excluding steroid dienone is 1. The van der Waals surface area contributed by atoms with Gasteiger partial charge in [0.25, 0.3) is 5.91 Å². The van der Waals surface area contributed by atoms with Crippen LogP contribution in [0, 0.1) is 5.92 Å². The zero-order valence-corrected chi connectivity index (χ0v) is 15.3. The molecule has 1 aliphatic carbocycles. The lowest BCUT2D eigenvalue weighted by Gasteiger charge is -2.23. The maximum absolute atomic E-state index is 12.7. The van der Waals surface area contributed by atoms with E-state index in [1.807, 2.05) is 13.0 Å². The second-order valence-corrected chi connectivity index (χ2v) is 6.55. The Morgan fingerprint density at radius 3 is 2.70 bits per heavy atom. The molecule has 27 heavy (non-hydrogen) atoms. The first kappa shape index (κ1) is 18.8. The van der Waals surface area contributed by atoms with Crippen LogP contribution in [-0.4, -0.2) is 48.3 Å². The SMILES string of the molecule is COc1ccc(NC(=O)N2CC3=CCC(C(=O)NO)C=C3O[C@@H](C)C2)cc1. The molecule has 3 amide bonds. The summed E-state index contributed by atoms with van der Waals surface area (Å²) in [7, 11) is 1.59. The smallest absolute Gasteiger partial charge is 0.322 e. The Bertz CT molecular complexity index is 772. The minimum atomic E-state index is -0.486. The summed E-state index contributed by atoms with van der Waals surface area (Å²) in [4.78, 5) is 26.0. The Hall–Kier alpha value is -3.00. The number of urea groups is 1. The van der Waals surface area contributed by atoms with Crippen molar-refractivity contribution in [1.82, 2.24) is 10.4 Å². The molecule has 2 aliphatic rings. The van der Waals surface area contributed by atoms with Gasteiger partial charge in [0, 0.05) is 11.3 Å². The second-order valence-electron chi connectivity index (χ2n) is 6.55. The summed E-state index contributed by atoms with van der Waals surface area (Å²) in [5.41, 5.74) is 3.19. The second kappa shape index (κ2) is 8.13. The number of carbonyl (C=O) groups excluding carboxylic acids is 2. The summed E-state index contributed by atoms with van der Waals surface area (Å²) in [5, 5.41) is 11.7. The van der Waals surface area contributed by atoms with Gasteiger partial charge >= 0.3 is 6.03 Å². The first-order valence-corrected chi connectivity index (χ1v) is 8.72. The molecule has 0 saturated carbocycles. The number of amides is 3. The lowest BCUT2D eigenvalue weighted by atomic mass is 9.94. The number of anilines is 1. The molecule has 144 valence electrons. The summed E-state index contributed by atoms with van der Waals surface area (Å²) in [6.07, 6.45) is 3.78. The standard InChI is InChI=1S/C19H23N3O5/c1-12-10-22(19(24)20-15-5-7-16(26-2)8-6-15)11-14-4-3-13(18(23)21-25)9-17(14)27-12/h4-9,12-13,25H,3,10-11H2,1-2H3,(H,20,24)(H,21,23)/t12-,13?/m0/s1. The number of ether oxygens (including phenoxy) is 2. The van der Waals surface area contributed by atoms with E-state index in [9.17, 15) is 9.59 Å². The first-order valence-electron chi connectivity index (χ1n) is 8.72. The maximum Gasteiger partial charge on any atom is 0.322 e. The van der Waals surface area contributed by atoms with Gasteiger partial charge in [-0.3, -0.25) is 10.0 Å². The highest BCUT2D eigenvalue weighted by Gasteiger charge is 2.29. The number of carbonyl (C=O) groups is 2. The van der Waals surface area contributed by atoms with E-state index in [0.717, 1.165) is 5.57 Å². The monoisotopic (exact) mass is 373 g/mol. The van der Waals surface area contributed by atoms with Crippen LogP contribution in [0.3, 0.4) is 0 Å². The lowest BCUT2D eigenvalue weighted by molar-refractivity contribution is -0.131. The maximum atomic E-state index is 12.7. The van der Waals surface area contributed by atoms with Crippen LogP contribution in [-0.2, 0) is 9.53 Å². The van der Waals surface area contributed by atoms with E-state index < -0.39 is 11.8 Å². The van der Waals surface area contributed by atoms with Crippen LogP contribution in [0.15, 0.2) is 47.7 Å². The predicted molar refractivity (Wildman–Crippen MR) is 98.3 cm³/mol. The molecule has 1 heterocycles. The zero-order valence-electron chi connectivity index (χ0n) is 15.3. The minimum Gasteiger partial charge on any atom is -0.497 e. The van der Waals surface area contributed by atoms with Crippen LogP contribution in [0.2, 0.25) is 0 Å². The third-order valence-electron chi connectivity index (χ3n) is 4.53. The molecule has 0 bridgehead atoms. The number of fused-ring (bicyclic) bond motifs is 1. The average Bonchev–Trinajstić information content (AvgIpc) is 2.85. The van der Waals surface area contributed by atoms with Crippen molar-refractivity contribution in [3.05, 3.63) is 47.7 Å². The Morgan fingerprint density at radius 2 is 2.04 bits per heavy atom. The van der Waals surface area contributed by atoms with Crippen LogP contribution in [0.1, 0.15) is 13.3 Å². The van der Waals surface area contributed by atoms with Crippen LogP contribution in [0.5, 0.6) is 5.75 Å². The van der Waals surface area contributed by atoms with E-state index in [-0.39, 0.29) is 12.1 Å². The molecule has 8 heteroatoms. The average molecular weight is 373 g/mol. The summed E-state index contributed by atoms with van der Waals surface area (Å²) >= 11 is 0. The van der Waals surface area contributed by atoms with Crippen LogP contribution >= 0.6 is 0 Å². The van der Waals surface area contributed by atoms with Crippen molar-refractivity contribution in [1.29, 1.82) is 0 Å². The molecule has 8 nitrogen and oxygen atoms in total. The van der Waals surface area contributed by atoms with Gasteiger partial charge in [-0.2, -0.15) is 0 Å². The molecule has 3 N–H and O–H groups in total. The topological polar surface area (TPSA) is 100 Å². The Kier molecular flexibility index (Phi) is 5.66. The van der Waals surface area contributed by atoms with Gasteiger partial charge < -0.3 is 19.7 Å². The van der Waals surface area contributed by atoms with Crippen molar-refractivity contribution in [3.63, 3.8) is 0 Å². The van der Waals surface area contributed by atoms with Crippen LogP contribution in [0.25, 0.3) is 0 Å². The first-order chi connectivity index (χ1) is 13.0. The minimum absolute atomic E-state index is 0.229. The van der Waals surface area contributed by atoms with Crippen molar-refractivity contribution >= 4 is 17.6 Å². The third-order valence-corrected chi connectivity index (χ3v) is 4.53. The van der Waals surface area contributed by atoms with E-state index in [2.05, 4.69) is 5.32 Å². The molecular formula is C19H23N3O5. The molecule has 1 aromatic carbocycles. The van der Waals surface area contributed by atoms with Crippen molar-refractivity contribution in [3.8, 4) is 5.75 Å². The largest absolute Gasteiger partial charge is 0.497 e. The third kappa shape index (κ3) is 4.40. The van der Waals surface area contributed by atoms with Gasteiger partial charge in [0.2, 0.25) is 0 Å². The van der Waals surface area contributed by atoms with E-state index in [1.165, 1.54) is 0 Å². The molecule has 3 rings (SSSR count). The van der Waals surface area contributed by atoms with Crippen molar-refractivity contribution in [2.75, 3.05) is 25.5 Å². The number of benzene rings is 1. The number of nitrogens with one attached hydrogen (secondary N) is 2. The highest BCUT2D eigenvalue weighted by Crippen LogP contribution is 2.29. The summed E-state index contributed by atoms with van der Waals surface area (Å²) in [6, 6.07) is 6.88. The molecule has 0 aromatic heterocycles. The van der Waals surface area contributed by atoms with Gasteiger partial charge in [-0.15, -0.1) is 0 Å². The van der Waals surface area contributed by atoms with Gasteiger partial charge in [-0.05, 0) is 43.7 Å². The number of methoxy groups -OCH3 is 1. The fourth-order valence-electron chi connectivity index (χ4n) is 3.12. The molecule has 1 aliphatic heterocycles. The highest BCUT2D eigenvalue weighted by molar-refractivity contribution is 5.89. The fraction of sp³-hybridized carbons (Fsp3) is 0.368. The van der Waals surface area contributed by atoms with Gasteiger partial charge in [-0.25, -0.2) is 10.3 Å². The summed E-state index contributed by atoms with van der Waals surface area (Å²) in [6.45, 7) is 2.66. The molecule has 2 atom stereocenters. The quantitative estimate of drug-likeness (QED) is 0.558. The number of nitrogens with zero attached hydrogens (tertiary/aromatic N) is 1. The van der Waals surface area contributed by atoms with E-state index in [4.69, 9.17) is 14.7 Å². The van der Waals surface area contributed by atoms with Crippen molar-refractivity contribution < 1.29 is 24.3 Å². The zero-order chi connectivity index (χ0) is 19.4. The van der Waals surface area contributed by atoms with Crippen molar-refractivity contribution in [2.24, 2.45) is 5.92 Å². The normalized spacial score (nSPS) is 21.7. The molecule has 1 aromatic rings. The van der Waals surface area contributed by atoms with Gasteiger partial charge in [0.05, 0.1) is 26.1 Å². The lowest BCUT2D eigenvalue weighted by Crippen LogP contribution is -2.39. The molecule has 1 fully saturated rings. The molecule has 0 spiro atoms. The number of hydroxylamine groups is 1. The van der Waals surface area contributed by atoms with E-state index in [0.29, 0.717) is 36.7 Å². The molecular weight excluding hydrogens is 350 g/mol. The summed E-state index contributed by atoms with van der Waals surface area (Å²) in [5.74, 6) is 0.337. The van der Waals surface area contributed by atoms with E-state index in [1.54, 1.807) is 47.8 Å². The molecule has 0 radical (unpaired) electrons. The Balaban J connectivity index is 1.71. The Morgan fingerprint density at radius 1 is 1.30 bits per heavy atom. The predicted octanol–water partition coefficient (Wildman–Crippen LogP) is 2.28. The van der Waals surface area contributed by atoms with Gasteiger partial charge in [-0.1, -0.05) is 6.08 Å².